The molecule has 0 N–H and O–H groups in total. The van der Waals surface area contributed by atoms with Crippen LogP contribution in [0.4, 0.5) is 0 Å². The molecule has 0 bridgehead atoms. The minimum Gasteiger partial charge on any atom is -0.456 e. The van der Waals surface area contributed by atoms with Gasteiger partial charge in [-0.15, -0.1) is 0 Å². The molecular weight excluding hydrogens is 204 g/mol. The molecule has 0 heterocycles. The molecule has 0 radical (unpaired) electrons. The third kappa shape index (κ3) is 4.03. The van der Waals surface area contributed by atoms with Crippen molar-refractivity contribution in [2.75, 3.05) is 13.7 Å². The van der Waals surface area contributed by atoms with Gasteiger partial charge < -0.3 is 9.47 Å². The largest absolute Gasteiger partial charge is 0.456 e. The van der Waals surface area contributed by atoms with Crippen LogP contribution in [0.5, 0.6) is 0 Å². The normalized spacial score (nSPS) is 12.1. The zero-order chi connectivity index (χ0) is 11.8. The van der Waals surface area contributed by atoms with E-state index in [4.69, 9.17) is 9.47 Å². The molecule has 88 valence electrons. The van der Waals surface area contributed by atoms with E-state index in [1.165, 1.54) is 0 Å². The van der Waals surface area contributed by atoms with Gasteiger partial charge in [0.15, 0.2) is 0 Å². The summed E-state index contributed by atoms with van der Waals surface area (Å²) in [6, 6.07) is 9.01. The lowest BCUT2D eigenvalue weighted by Crippen LogP contribution is -2.22. The van der Waals surface area contributed by atoms with Crippen LogP contribution < -0.4 is 0 Å². The van der Waals surface area contributed by atoms with Gasteiger partial charge >= 0.3 is 5.97 Å². The van der Waals surface area contributed by atoms with Crippen LogP contribution in [0.3, 0.4) is 0 Å². The van der Waals surface area contributed by atoms with Crippen molar-refractivity contribution in [3.63, 3.8) is 0 Å². The van der Waals surface area contributed by atoms with Gasteiger partial charge in [-0.3, -0.25) is 0 Å². The molecular formula is C13H18O3. The lowest BCUT2D eigenvalue weighted by atomic mass is 10.2. The summed E-state index contributed by atoms with van der Waals surface area (Å²) in [5.41, 5.74) is 0.583. The lowest BCUT2D eigenvalue weighted by Gasteiger charge is -2.16. The number of hydrogen-bond acceptors (Lipinski definition) is 3. The van der Waals surface area contributed by atoms with Crippen LogP contribution in [0.15, 0.2) is 30.3 Å². The highest BCUT2D eigenvalue weighted by Crippen LogP contribution is 2.08. The molecule has 1 rings (SSSR count). The Balaban J connectivity index is 2.54. The molecule has 3 nitrogen and oxygen atoms in total. The highest BCUT2D eigenvalue weighted by Gasteiger charge is 2.14. The molecule has 16 heavy (non-hydrogen) atoms. The van der Waals surface area contributed by atoms with Crippen molar-refractivity contribution in [1.29, 1.82) is 0 Å². The zero-order valence-electron chi connectivity index (χ0n) is 9.81. The van der Waals surface area contributed by atoms with E-state index in [-0.39, 0.29) is 12.1 Å². The maximum atomic E-state index is 11.7. The number of carbonyl (C=O) groups is 1. The Kier molecular flexibility index (Phi) is 5.57. The Bertz CT molecular complexity index is 302. The second-order valence-electron chi connectivity index (χ2n) is 3.64. The van der Waals surface area contributed by atoms with Gasteiger partial charge in [0.25, 0.3) is 0 Å². The van der Waals surface area contributed by atoms with Gasteiger partial charge in [-0.05, 0) is 18.6 Å². The molecule has 0 aliphatic rings. The average Bonchev–Trinajstić information content (AvgIpc) is 2.31. The quantitative estimate of drug-likeness (QED) is 0.694. The minimum atomic E-state index is -0.281. The second-order valence-corrected chi connectivity index (χ2v) is 3.64. The minimum absolute atomic E-state index is 0.150. The summed E-state index contributed by atoms with van der Waals surface area (Å²) in [6.45, 7) is 2.51. The highest BCUT2D eigenvalue weighted by molar-refractivity contribution is 5.89. The molecule has 0 aromatic heterocycles. The topological polar surface area (TPSA) is 35.5 Å². The van der Waals surface area contributed by atoms with E-state index in [9.17, 15) is 4.79 Å². The average molecular weight is 222 g/mol. The summed E-state index contributed by atoms with van der Waals surface area (Å²) in [5, 5.41) is 0. The van der Waals surface area contributed by atoms with E-state index in [0.29, 0.717) is 12.2 Å². The van der Waals surface area contributed by atoms with Crippen LogP contribution >= 0.6 is 0 Å². The van der Waals surface area contributed by atoms with E-state index >= 15 is 0 Å². The van der Waals surface area contributed by atoms with Gasteiger partial charge in [0.1, 0.15) is 6.10 Å². The number of esters is 1. The summed E-state index contributed by atoms with van der Waals surface area (Å²) in [5.74, 6) is -0.281. The Hall–Kier alpha value is -1.35. The molecule has 0 saturated carbocycles. The van der Waals surface area contributed by atoms with Gasteiger partial charge in [-0.1, -0.05) is 31.5 Å². The Labute approximate surface area is 96.4 Å². The number of carbonyl (C=O) groups excluding carboxylic acids is 1. The number of hydrogen-bond donors (Lipinski definition) is 0. The molecule has 3 heteroatoms. The molecule has 0 amide bonds. The van der Waals surface area contributed by atoms with Crippen molar-refractivity contribution in [2.24, 2.45) is 0 Å². The van der Waals surface area contributed by atoms with Crippen LogP contribution in [-0.2, 0) is 9.47 Å². The highest BCUT2D eigenvalue weighted by atomic mass is 16.6. The van der Waals surface area contributed by atoms with E-state index in [1.54, 1.807) is 19.2 Å². The van der Waals surface area contributed by atoms with Crippen molar-refractivity contribution >= 4 is 5.97 Å². The third-order valence-electron chi connectivity index (χ3n) is 2.25. The van der Waals surface area contributed by atoms with Gasteiger partial charge in [0.2, 0.25) is 0 Å². The van der Waals surface area contributed by atoms with Crippen LogP contribution in [0.1, 0.15) is 30.1 Å². The first-order chi connectivity index (χ1) is 7.77. The SMILES string of the molecule is CCCC(COC)OC(=O)c1ccccc1. The molecule has 0 saturated heterocycles. The van der Waals surface area contributed by atoms with E-state index in [1.807, 2.05) is 18.2 Å². The first-order valence-electron chi connectivity index (χ1n) is 5.53. The molecule has 1 aromatic carbocycles. The predicted molar refractivity (Wildman–Crippen MR) is 62.4 cm³/mol. The van der Waals surface area contributed by atoms with Crippen LogP contribution in [0.2, 0.25) is 0 Å². The predicted octanol–water partition coefficient (Wildman–Crippen LogP) is 2.66. The molecule has 1 aromatic rings. The Morgan fingerprint density at radius 3 is 2.56 bits per heavy atom. The van der Waals surface area contributed by atoms with E-state index < -0.39 is 0 Å². The Morgan fingerprint density at radius 2 is 2.00 bits per heavy atom. The summed E-state index contributed by atoms with van der Waals surface area (Å²) in [7, 11) is 1.61. The second kappa shape index (κ2) is 7.01. The number of methoxy groups -OCH3 is 1. The smallest absolute Gasteiger partial charge is 0.338 e. The zero-order valence-corrected chi connectivity index (χ0v) is 9.81. The van der Waals surface area contributed by atoms with Crippen LogP contribution in [-0.4, -0.2) is 25.8 Å². The molecule has 0 fully saturated rings. The fraction of sp³-hybridized carbons (Fsp3) is 0.462. The van der Waals surface area contributed by atoms with Gasteiger partial charge in [0, 0.05) is 7.11 Å². The van der Waals surface area contributed by atoms with Crippen molar-refractivity contribution < 1.29 is 14.3 Å². The summed E-state index contributed by atoms with van der Waals surface area (Å²) in [4.78, 5) is 11.7. The van der Waals surface area contributed by atoms with Crippen molar-refractivity contribution in [2.45, 2.75) is 25.9 Å². The molecule has 0 aliphatic heterocycles. The third-order valence-corrected chi connectivity index (χ3v) is 2.25. The fourth-order valence-electron chi connectivity index (χ4n) is 1.48. The van der Waals surface area contributed by atoms with Crippen LogP contribution in [0.25, 0.3) is 0 Å². The maximum Gasteiger partial charge on any atom is 0.338 e. The summed E-state index contributed by atoms with van der Waals surface area (Å²) in [6.07, 6.45) is 1.64. The van der Waals surface area contributed by atoms with Crippen molar-refractivity contribution in [3.05, 3.63) is 35.9 Å². The first kappa shape index (κ1) is 12.7. The standard InChI is InChI=1S/C13H18O3/c1-3-7-12(10-15-2)16-13(14)11-8-5-4-6-9-11/h4-6,8-9,12H,3,7,10H2,1-2H3. The fourth-order valence-corrected chi connectivity index (χ4v) is 1.48. The maximum absolute atomic E-state index is 11.7. The van der Waals surface area contributed by atoms with Gasteiger partial charge in [-0.25, -0.2) is 4.79 Å². The van der Waals surface area contributed by atoms with Gasteiger partial charge in [-0.2, -0.15) is 0 Å². The van der Waals surface area contributed by atoms with Gasteiger partial charge in [0.05, 0.1) is 12.2 Å². The molecule has 0 aliphatic carbocycles. The number of ether oxygens (including phenoxy) is 2. The Morgan fingerprint density at radius 1 is 1.31 bits per heavy atom. The lowest BCUT2D eigenvalue weighted by molar-refractivity contribution is 0.00298. The summed E-state index contributed by atoms with van der Waals surface area (Å²) >= 11 is 0. The number of rotatable bonds is 6. The summed E-state index contributed by atoms with van der Waals surface area (Å²) < 4.78 is 10.4. The van der Waals surface area contributed by atoms with Crippen molar-refractivity contribution in [1.82, 2.24) is 0 Å². The first-order valence-corrected chi connectivity index (χ1v) is 5.53. The number of benzene rings is 1. The van der Waals surface area contributed by atoms with Crippen molar-refractivity contribution in [3.8, 4) is 0 Å². The molecule has 1 atom stereocenters. The van der Waals surface area contributed by atoms with E-state index in [2.05, 4.69) is 6.92 Å². The molecule has 1 unspecified atom stereocenters. The van der Waals surface area contributed by atoms with Crippen LogP contribution in [0, 0.1) is 0 Å². The molecule has 0 spiro atoms. The monoisotopic (exact) mass is 222 g/mol. The van der Waals surface area contributed by atoms with E-state index in [0.717, 1.165) is 12.8 Å².